The second-order valence-corrected chi connectivity index (χ2v) is 8.50. The fraction of sp³-hybridized carbons (Fsp3) is 0.409. The van der Waals surface area contributed by atoms with E-state index >= 15 is 0 Å². The van der Waals surface area contributed by atoms with Gasteiger partial charge in [-0.1, -0.05) is 5.92 Å². The maximum absolute atomic E-state index is 12.3. The van der Waals surface area contributed by atoms with Gasteiger partial charge in [0.15, 0.2) is 17.0 Å². The van der Waals surface area contributed by atoms with Crippen LogP contribution in [0.25, 0.3) is 11.2 Å². The van der Waals surface area contributed by atoms with Gasteiger partial charge in [0.25, 0.3) is 0 Å². The lowest BCUT2D eigenvalue weighted by Crippen LogP contribution is -2.49. The number of pyridine rings is 1. The summed E-state index contributed by atoms with van der Waals surface area (Å²) < 4.78 is 1.75. The fourth-order valence-corrected chi connectivity index (χ4v) is 5.00. The maximum atomic E-state index is 12.3. The SMILES string of the molecule is CNC(=O)C1(C)C[C@H]2[C@@H](n3cnc4c(NC)nc(C#Cc5cccnc5)nc43)[C@@]2(O)[C@@H]1O. The minimum atomic E-state index is -1.43. The van der Waals surface area contributed by atoms with Crippen LogP contribution in [0.4, 0.5) is 5.82 Å². The first-order valence-electron chi connectivity index (χ1n) is 10.3. The van der Waals surface area contributed by atoms with Gasteiger partial charge in [-0.15, -0.1) is 0 Å². The van der Waals surface area contributed by atoms with Gasteiger partial charge in [0, 0.05) is 38.0 Å². The minimum Gasteiger partial charge on any atom is -0.389 e. The zero-order valence-corrected chi connectivity index (χ0v) is 17.9. The van der Waals surface area contributed by atoms with E-state index in [4.69, 9.17) is 0 Å². The molecule has 0 spiro atoms. The Bertz CT molecular complexity index is 1280. The molecule has 4 N–H and O–H groups in total. The molecule has 5 atom stereocenters. The summed E-state index contributed by atoms with van der Waals surface area (Å²) in [5.74, 6) is 6.16. The molecule has 3 aromatic rings. The number of hydrogen-bond acceptors (Lipinski definition) is 8. The Morgan fingerprint density at radius 3 is 2.75 bits per heavy atom. The highest BCUT2D eigenvalue weighted by molar-refractivity contribution is 5.85. The number of hydrogen-bond donors (Lipinski definition) is 4. The summed E-state index contributed by atoms with van der Waals surface area (Å²) in [6.45, 7) is 1.68. The summed E-state index contributed by atoms with van der Waals surface area (Å²) >= 11 is 0. The molecule has 3 aromatic heterocycles. The Labute approximate surface area is 184 Å². The summed E-state index contributed by atoms with van der Waals surface area (Å²) in [6.07, 6.45) is 4.06. The molecule has 1 amide bonds. The van der Waals surface area contributed by atoms with E-state index in [0.717, 1.165) is 5.56 Å². The average molecular weight is 433 g/mol. The van der Waals surface area contributed by atoms with Crippen LogP contribution in [0.2, 0.25) is 0 Å². The highest BCUT2D eigenvalue weighted by Crippen LogP contribution is 2.69. The molecular formula is C22H23N7O3. The van der Waals surface area contributed by atoms with Crippen LogP contribution >= 0.6 is 0 Å². The van der Waals surface area contributed by atoms with E-state index in [1.54, 1.807) is 43.3 Å². The Kier molecular flexibility index (Phi) is 4.44. The fourth-order valence-electron chi connectivity index (χ4n) is 5.00. The van der Waals surface area contributed by atoms with Crippen molar-refractivity contribution in [1.29, 1.82) is 0 Å². The van der Waals surface area contributed by atoms with E-state index in [9.17, 15) is 15.0 Å². The van der Waals surface area contributed by atoms with Crippen molar-refractivity contribution >= 4 is 22.9 Å². The molecule has 10 nitrogen and oxygen atoms in total. The number of fused-ring (bicyclic) bond motifs is 2. The number of aliphatic hydroxyl groups excluding tert-OH is 1. The van der Waals surface area contributed by atoms with Gasteiger partial charge in [-0.25, -0.2) is 15.0 Å². The lowest BCUT2D eigenvalue weighted by atomic mass is 9.80. The molecule has 0 aliphatic heterocycles. The summed E-state index contributed by atoms with van der Waals surface area (Å²) in [5.41, 5.74) is -0.704. The van der Waals surface area contributed by atoms with E-state index < -0.39 is 23.2 Å². The van der Waals surface area contributed by atoms with Gasteiger partial charge in [-0.2, -0.15) is 0 Å². The first kappa shape index (κ1) is 20.4. The van der Waals surface area contributed by atoms with E-state index in [1.165, 1.54) is 7.05 Å². The number of aromatic nitrogens is 5. The topological polar surface area (TPSA) is 138 Å². The minimum absolute atomic E-state index is 0.285. The van der Waals surface area contributed by atoms with Gasteiger partial charge in [0.1, 0.15) is 5.60 Å². The molecule has 2 aliphatic carbocycles. The molecule has 2 aliphatic rings. The molecule has 164 valence electrons. The number of nitrogens with one attached hydrogen (secondary N) is 2. The molecule has 0 bridgehead atoms. The number of amides is 1. The maximum Gasteiger partial charge on any atom is 0.228 e. The predicted octanol–water partition coefficient (Wildman–Crippen LogP) is 0.0817. The zero-order chi connectivity index (χ0) is 22.7. The first-order chi connectivity index (χ1) is 15.3. The van der Waals surface area contributed by atoms with Crippen molar-refractivity contribution in [2.24, 2.45) is 11.3 Å². The smallest absolute Gasteiger partial charge is 0.228 e. The quantitative estimate of drug-likeness (QED) is 0.426. The monoisotopic (exact) mass is 433 g/mol. The number of anilines is 1. The van der Waals surface area contributed by atoms with Crippen molar-refractivity contribution in [3.63, 3.8) is 0 Å². The van der Waals surface area contributed by atoms with Gasteiger partial charge < -0.3 is 25.4 Å². The highest BCUT2D eigenvalue weighted by atomic mass is 16.4. The van der Waals surface area contributed by atoms with Crippen molar-refractivity contribution in [1.82, 2.24) is 29.8 Å². The molecule has 0 aromatic carbocycles. The Hall–Kier alpha value is -3.55. The van der Waals surface area contributed by atoms with Crippen LogP contribution in [0.15, 0.2) is 30.9 Å². The van der Waals surface area contributed by atoms with E-state index in [0.29, 0.717) is 29.2 Å². The molecule has 10 heteroatoms. The van der Waals surface area contributed by atoms with Gasteiger partial charge in [0.05, 0.1) is 23.9 Å². The lowest BCUT2D eigenvalue weighted by Gasteiger charge is -2.32. The van der Waals surface area contributed by atoms with Gasteiger partial charge in [-0.3, -0.25) is 9.78 Å². The van der Waals surface area contributed by atoms with Crippen LogP contribution in [0.3, 0.4) is 0 Å². The van der Waals surface area contributed by atoms with E-state index in [1.807, 2.05) is 6.07 Å². The molecular weight excluding hydrogens is 410 g/mol. The largest absolute Gasteiger partial charge is 0.389 e. The molecule has 32 heavy (non-hydrogen) atoms. The van der Waals surface area contributed by atoms with Crippen molar-refractivity contribution in [2.45, 2.75) is 31.1 Å². The van der Waals surface area contributed by atoms with Crippen LogP contribution in [0.1, 0.15) is 30.8 Å². The predicted molar refractivity (Wildman–Crippen MR) is 115 cm³/mol. The number of nitrogens with zero attached hydrogens (tertiary/aromatic N) is 5. The van der Waals surface area contributed by atoms with Crippen molar-refractivity contribution in [3.05, 3.63) is 42.2 Å². The number of carbonyl (C=O) groups excluding carboxylic acids is 1. The molecule has 0 saturated heterocycles. The summed E-state index contributed by atoms with van der Waals surface area (Å²) in [5, 5.41) is 27.8. The van der Waals surface area contributed by atoms with Crippen molar-refractivity contribution < 1.29 is 15.0 Å². The summed E-state index contributed by atoms with van der Waals surface area (Å²) in [6, 6.07) is 3.19. The van der Waals surface area contributed by atoms with Gasteiger partial charge in [0.2, 0.25) is 11.7 Å². The molecule has 3 heterocycles. The van der Waals surface area contributed by atoms with Crippen LogP contribution in [0, 0.1) is 23.2 Å². The molecule has 2 saturated carbocycles. The molecule has 1 unspecified atom stereocenters. The third kappa shape index (κ3) is 2.71. The normalized spacial score (nSPS) is 30.3. The number of aliphatic hydroxyl groups is 2. The molecule has 5 rings (SSSR count). The highest BCUT2D eigenvalue weighted by Gasteiger charge is 2.79. The van der Waals surface area contributed by atoms with Crippen molar-refractivity contribution in [2.75, 3.05) is 19.4 Å². The second kappa shape index (κ2) is 6.98. The van der Waals surface area contributed by atoms with E-state index in [2.05, 4.69) is 42.4 Å². The molecule has 2 fully saturated rings. The average Bonchev–Trinajstić information content (AvgIpc) is 3.08. The standard InChI is InChI=1S/C22H23N7O3/c1-21(20(31)24-3)9-13-16(22(13,32)19(21)30)29-11-26-15-17(23-2)27-14(28-18(15)29)7-6-12-5-4-8-25-10-12/h4-5,8,10-11,13,16,19,30,32H,9H2,1-3H3,(H,24,31)(H,23,27,28)/t13-,16+,19+,21?,22+/m0/s1. The molecule has 0 radical (unpaired) electrons. The number of imidazole rings is 1. The van der Waals surface area contributed by atoms with Crippen LogP contribution in [-0.4, -0.2) is 66.4 Å². The van der Waals surface area contributed by atoms with Gasteiger partial charge in [-0.05, 0) is 31.4 Å². The number of rotatable bonds is 3. The lowest BCUT2D eigenvalue weighted by molar-refractivity contribution is -0.140. The van der Waals surface area contributed by atoms with E-state index in [-0.39, 0.29) is 11.8 Å². The Morgan fingerprint density at radius 1 is 1.31 bits per heavy atom. The second-order valence-electron chi connectivity index (χ2n) is 8.50. The van der Waals surface area contributed by atoms with Crippen molar-refractivity contribution in [3.8, 4) is 11.8 Å². The zero-order valence-electron chi connectivity index (χ0n) is 17.9. The van der Waals surface area contributed by atoms with Crippen LogP contribution in [0.5, 0.6) is 0 Å². The van der Waals surface area contributed by atoms with Crippen LogP contribution < -0.4 is 10.6 Å². The third-order valence-corrected chi connectivity index (χ3v) is 6.71. The number of carbonyl (C=O) groups is 1. The summed E-state index contributed by atoms with van der Waals surface area (Å²) in [7, 11) is 3.26. The van der Waals surface area contributed by atoms with Crippen LogP contribution in [-0.2, 0) is 4.79 Å². The first-order valence-corrected chi connectivity index (χ1v) is 10.3. The third-order valence-electron chi connectivity index (χ3n) is 6.71. The Morgan fingerprint density at radius 2 is 2.12 bits per heavy atom. The Balaban J connectivity index is 1.53. The van der Waals surface area contributed by atoms with Gasteiger partial charge >= 0.3 is 0 Å². The summed E-state index contributed by atoms with van der Waals surface area (Å²) in [4.78, 5) is 29.8.